The van der Waals surface area contributed by atoms with E-state index in [4.69, 9.17) is 0 Å². The highest BCUT2D eigenvalue weighted by molar-refractivity contribution is 5.44. The van der Waals surface area contributed by atoms with Crippen LogP contribution in [0.15, 0.2) is 30.5 Å². The average molecular weight is 300 g/mol. The molecule has 0 fully saturated rings. The van der Waals surface area contributed by atoms with Gasteiger partial charge in [0.15, 0.2) is 0 Å². The normalized spacial score (nSPS) is 10.4. The first kappa shape index (κ1) is 20.4. The van der Waals surface area contributed by atoms with Crippen molar-refractivity contribution in [2.45, 2.75) is 68.2 Å². The van der Waals surface area contributed by atoms with E-state index in [1.165, 1.54) is 33.5 Å². The standard InChI is InChI=1S/C15H15N.3C2H6/c1-10-3-4-12-7-14-6-11(2)9-16-15(14)8-13(12)5-10;3*1-2/h3-6,9H,7-8H2,1-2H3;3*1-2H3. The van der Waals surface area contributed by atoms with Crippen molar-refractivity contribution in [1.82, 2.24) is 4.98 Å². The second kappa shape index (κ2) is 11.0. The Morgan fingerprint density at radius 3 is 1.91 bits per heavy atom. The van der Waals surface area contributed by atoms with Crippen LogP contribution < -0.4 is 0 Å². The Balaban J connectivity index is 0.000000661. The molecule has 0 unspecified atom stereocenters. The number of nitrogens with zero attached hydrogens (tertiary/aromatic N) is 1. The molecule has 0 amide bonds. The lowest BCUT2D eigenvalue weighted by molar-refractivity contribution is 0.932. The third-order valence-corrected chi connectivity index (χ3v) is 3.30. The number of aromatic nitrogens is 1. The van der Waals surface area contributed by atoms with Crippen LogP contribution in [-0.2, 0) is 12.8 Å². The summed E-state index contributed by atoms with van der Waals surface area (Å²) in [6, 6.07) is 9.02. The van der Waals surface area contributed by atoms with Gasteiger partial charge in [-0.15, -0.1) is 0 Å². The molecule has 0 atom stereocenters. The van der Waals surface area contributed by atoms with Gasteiger partial charge in [-0.1, -0.05) is 71.4 Å². The fourth-order valence-corrected chi connectivity index (χ4v) is 2.45. The summed E-state index contributed by atoms with van der Waals surface area (Å²) in [6.07, 6.45) is 4.01. The van der Waals surface area contributed by atoms with Gasteiger partial charge >= 0.3 is 0 Å². The molecule has 2 aromatic rings. The summed E-state index contributed by atoms with van der Waals surface area (Å²) in [4.78, 5) is 4.55. The van der Waals surface area contributed by atoms with Crippen LogP contribution >= 0.6 is 0 Å². The highest BCUT2D eigenvalue weighted by atomic mass is 14.7. The smallest absolute Gasteiger partial charge is 0.0483 e. The summed E-state index contributed by atoms with van der Waals surface area (Å²) in [7, 11) is 0. The van der Waals surface area contributed by atoms with Crippen LogP contribution in [0.25, 0.3) is 0 Å². The molecule has 0 bridgehead atoms. The first-order valence-electron chi connectivity index (χ1n) is 8.75. The van der Waals surface area contributed by atoms with Crippen molar-refractivity contribution < 1.29 is 0 Å². The molecule has 0 saturated carbocycles. The molecule has 1 aliphatic carbocycles. The Bertz CT molecular complexity index is 504. The third kappa shape index (κ3) is 5.29. The minimum atomic E-state index is 0.993. The maximum atomic E-state index is 4.55. The van der Waals surface area contributed by atoms with Gasteiger partial charge in [-0.3, -0.25) is 4.98 Å². The van der Waals surface area contributed by atoms with Gasteiger partial charge in [0.05, 0.1) is 0 Å². The van der Waals surface area contributed by atoms with Crippen LogP contribution in [0.1, 0.15) is 75.1 Å². The fourth-order valence-electron chi connectivity index (χ4n) is 2.45. The molecular weight excluding hydrogens is 266 g/mol. The predicted octanol–water partition coefficient (Wildman–Crippen LogP) is 6.27. The lowest BCUT2D eigenvalue weighted by atomic mass is 9.88. The van der Waals surface area contributed by atoms with Gasteiger partial charge in [0.25, 0.3) is 0 Å². The molecule has 22 heavy (non-hydrogen) atoms. The number of pyridine rings is 1. The molecule has 1 aliphatic rings. The van der Waals surface area contributed by atoms with Gasteiger partial charge < -0.3 is 0 Å². The largest absolute Gasteiger partial charge is 0.260 e. The van der Waals surface area contributed by atoms with Gasteiger partial charge in [-0.25, -0.2) is 0 Å². The number of fused-ring (bicyclic) bond motifs is 2. The monoisotopic (exact) mass is 299 g/mol. The van der Waals surface area contributed by atoms with Crippen LogP contribution in [-0.4, -0.2) is 4.98 Å². The minimum absolute atomic E-state index is 0.993. The predicted molar refractivity (Wildman–Crippen MR) is 99.8 cm³/mol. The molecule has 0 spiro atoms. The number of aryl methyl sites for hydroxylation is 2. The van der Waals surface area contributed by atoms with Crippen molar-refractivity contribution in [2.75, 3.05) is 0 Å². The minimum Gasteiger partial charge on any atom is -0.260 e. The molecule has 1 heterocycles. The average Bonchev–Trinajstić information content (AvgIpc) is 2.58. The summed E-state index contributed by atoms with van der Waals surface area (Å²) < 4.78 is 0. The van der Waals surface area contributed by atoms with E-state index >= 15 is 0 Å². The Hall–Kier alpha value is -1.63. The topological polar surface area (TPSA) is 12.9 Å². The van der Waals surface area contributed by atoms with E-state index in [2.05, 4.69) is 43.1 Å². The molecule has 3 rings (SSSR count). The van der Waals surface area contributed by atoms with Gasteiger partial charge in [-0.2, -0.15) is 0 Å². The Morgan fingerprint density at radius 1 is 0.682 bits per heavy atom. The number of benzene rings is 1. The molecule has 1 heteroatoms. The van der Waals surface area contributed by atoms with Gasteiger partial charge in [0.2, 0.25) is 0 Å². The summed E-state index contributed by atoms with van der Waals surface area (Å²) in [6.45, 7) is 16.3. The summed E-state index contributed by atoms with van der Waals surface area (Å²) >= 11 is 0. The van der Waals surface area contributed by atoms with Crippen molar-refractivity contribution in [1.29, 1.82) is 0 Å². The van der Waals surface area contributed by atoms with E-state index < -0.39 is 0 Å². The number of rotatable bonds is 0. The van der Waals surface area contributed by atoms with Crippen LogP contribution in [0.2, 0.25) is 0 Å². The molecule has 0 N–H and O–H groups in total. The Labute approximate surface area is 137 Å². The summed E-state index contributed by atoms with van der Waals surface area (Å²) in [5.74, 6) is 0. The van der Waals surface area contributed by atoms with Crippen LogP contribution in [0.4, 0.5) is 0 Å². The zero-order valence-electron chi connectivity index (χ0n) is 15.7. The zero-order chi connectivity index (χ0) is 17.1. The van der Waals surface area contributed by atoms with Gasteiger partial charge in [0, 0.05) is 18.3 Å². The van der Waals surface area contributed by atoms with Gasteiger partial charge in [-0.05, 0) is 42.5 Å². The van der Waals surface area contributed by atoms with E-state index in [1.54, 1.807) is 0 Å². The lowest BCUT2D eigenvalue weighted by Crippen LogP contribution is -2.09. The zero-order valence-corrected chi connectivity index (χ0v) is 15.7. The first-order valence-corrected chi connectivity index (χ1v) is 8.75. The van der Waals surface area contributed by atoms with E-state index in [-0.39, 0.29) is 0 Å². The van der Waals surface area contributed by atoms with Crippen LogP contribution in [0.3, 0.4) is 0 Å². The SMILES string of the molecule is CC.CC.CC.Cc1ccc2c(c1)Cc1ncc(C)cc1C2. The second-order valence-corrected chi connectivity index (χ2v) is 4.74. The third-order valence-electron chi connectivity index (χ3n) is 3.30. The second-order valence-electron chi connectivity index (χ2n) is 4.74. The molecule has 1 aromatic carbocycles. The van der Waals surface area contributed by atoms with Crippen LogP contribution in [0.5, 0.6) is 0 Å². The quantitative estimate of drug-likeness (QED) is 0.476. The van der Waals surface area contributed by atoms with E-state index in [0.29, 0.717) is 0 Å². The Kier molecular flexibility index (Phi) is 10.2. The van der Waals surface area contributed by atoms with Crippen molar-refractivity contribution in [3.8, 4) is 0 Å². The molecule has 0 saturated heterocycles. The molecule has 0 aliphatic heterocycles. The molecule has 1 nitrogen and oxygen atoms in total. The molecule has 1 aromatic heterocycles. The molecule has 0 radical (unpaired) electrons. The van der Waals surface area contributed by atoms with Crippen LogP contribution in [0, 0.1) is 13.8 Å². The summed E-state index contributed by atoms with van der Waals surface area (Å²) in [5.41, 5.74) is 8.16. The van der Waals surface area contributed by atoms with E-state index in [0.717, 1.165) is 12.8 Å². The van der Waals surface area contributed by atoms with Crippen molar-refractivity contribution >= 4 is 0 Å². The first-order chi connectivity index (χ1) is 10.7. The highest BCUT2D eigenvalue weighted by Crippen LogP contribution is 2.26. The van der Waals surface area contributed by atoms with E-state index in [9.17, 15) is 0 Å². The lowest BCUT2D eigenvalue weighted by Gasteiger charge is -2.19. The van der Waals surface area contributed by atoms with Crippen molar-refractivity contribution in [3.63, 3.8) is 0 Å². The van der Waals surface area contributed by atoms with Crippen molar-refractivity contribution in [3.05, 3.63) is 64.0 Å². The number of hydrogen-bond donors (Lipinski definition) is 0. The maximum Gasteiger partial charge on any atom is 0.0483 e. The summed E-state index contributed by atoms with van der Waals surface area (Å²) in [5, 5.41) is 0. The van der Waals surface area contributed by atoms with Gasteiger partial charge in [0.1, 0.15) is 0 Å². The van der Waals surface area contributed by atoms with Crippen molar-refractivity contribution in [2.24, 2.45) is 0 Å². The molecule has 122 valence electrons. The molecular formula is C21H33N. The highest BCUT2D eigenvalue weighted by Gasteiger charge is 2.15. The maximum absolute atomic E-state index is 4.55. The van der Waals surface area contributed by atoms with E-state index in [1.807, 2.05) is 47.7 Å². The fraction of sp³-hybridized carbons (Fsp3) is 0.476. The number of hydrogen-bond acceptors (Lipinski definition) is 1. The Morgan fingerprint density at radius 2 is 1.27 bits per heavy atom.